The lowest BCUT2D eigenvalue weighted by molar-refractivity contribution is 0.219. The van der Waals surface area contributed by atoms with Crippen molar-refractivity contribution in [3.63, 3.8) is 0 Å². The monoisotopic (exact) mass is 261 g/mol. The predicted octanol–water partition coefficient (Wildman–Crippen LogP) is 1.66. The van der Waals surface area contributed by atoms with Crippen molar-refractivity contribution < 1.29 is 9.21 Å². The van der Waals surface area contributed by atoms with Gasteiger partial charge in [0, 0.05) is 25.5 Å². The predicted molar refractivity (Wildman–Crippen MR) is 67.7 cm³/mol. The van der Waals surface area contributed by atoms with Gasteiger partial charge < -0.3 is 9.32 Å². The molecule has 1 aliphatic heterocycles. The van der Waals surface area contributed by atoms with Crippen LogP contribution < -0.4 is 5.32 Å². The second kappa shape index (κ2) is 4.75. The average molecular weight is 261 g/mol. The summed E-state index contributed by atoms with van der Waals surface area (Å²) in [5.41, 5.74) is 0. The van der Waals surface area contributed by atoms with Crippen molar-refractivity contribution in [2.24, 2.45) is 0 Å². The quantitative estimate of drug-likeness (QED) is 0.892. The fourth-order valence-corrected chi connectivity index (χ4v) is 2.22. The Morgan fingerprint density at radius 2 is 2.47 bits per heavy atom. The molecule has 3 heterocycles. The van der Waals surface area contributed by atoms with Gasteiger partial charge in [0.1, 0.15) is 5.76 Å². The normalized spacial score (nSPS) is 18.8. The Labute approximate surface area is 110 Å². The molecular formula is C12H15N5O2. The zero-order valence-corrected chi connectivity index (χ0v) is 10.6. The number of anilines is 1. The summed E-state index contributed by atoms with van der Waals surface area (Å²) < 4.78 is 7.12. The fourth-order valence-electron chi connectivity index (χ4n) is 2.22. The minimum absolute atomic E-state index is 0.184. The molecule has 1 fully saturated rings. The van der Waals surface area contributed by atoms with E-state index in [-0.39, 0.29) is 18.1 Å². The number of nitrogens with zero attached hydrogens (tertiary/aromatic N) is 4. The van der Waals surface area contributed by atoms with Crippen molar-refractivity contribution in [2.75, 3.05) is 18.4 Å². The number of nitrogens with one attached hydrogen (secondary N) is 1. The van der Waals surface area contributed by atoms with Crippen molar-refractivity contribution >= 4 is 12.0 Å². The molecule has 0 saturated carbocycles. The lowest BCUT2D eigenvalue weighted by Gasteiger charge is -2.16. The molecule has 2 aromatic rings. The van der Waals surface area contributed by atoms with Crippen LogP contribution in [0.3, 0.4) is 0 Å². The van der Waals surface area contributed by atoms with Crippen LogP contribution in [0.2, 0.25) is 0 Å². The summed E-state index contributed by atoms with van der Waals surface area (Å²) in [5, 5.41) is 6.86. The third kappa shape index (κ3) is 2.44. The molecule has 2 aromatic heterocycles. The molecule has 1 aliphatic rings. The number of aromatic nitrogens is 3. The first-order valence-corrected chi connectivity index (χ1v) is 6.20. The van der Waals surface area contributed by atoms with Crippen molar-refractivity contribution in [1.29, 1.82) is 0 Å². The molecule has 0 aromatic carbocycles. The number of hydrogen-bond acceptors (Lipinski definition) is 4. The number of carbonyl (C=O) groups excluding carboxylic acids is 1. The summed E-state index contributed by atoms with van der Waals surface area (Å²) >= 11 is 0. The van der Waals surface area contributed by atoms with Gasteiger partial charge in [-0.1, -0.05) is 0 Å². The van der Waals surface area contributed by atoms with Gasteiger partial charge in [-0.25, -0.2) is 9.78 Å². The van der Waals surface area contributed by atoms with E-state index >= 15 is 0 Å². The van der Waals surface area contributed by atoms with Gasteiger partial charge in [-0.3, -0.25) is 10.00 Å². The molecule has 100 valence electrons. The second-order valence-electron chi connectivity index (χ2n) is 4.58. The molecule has 19 heavy (non-hydrogen) atoms. The molecule has 0 bridgehead atoms. The maximum atomic E-state index is 12.0. The molecule has 0 spiro atoms. The number of oxazole rings is 1. The Morgan fingerprint density at radius 3 is 3.16 bits per heavy atom. The van der Waals surface area contributed by atoms with Crippen LogP contribution in [-0.4, -0.2) is 38.8 Å². The van der Waals surface area contributed by atoms with Crippen LogP contribution in [-0.2, 0) is 0 Å². The summed E-state index contributed by atoms with van der Waals surface area (Å²) in [6.45, 7) is 3.13. The highest BCUT2D eigenvalue weighted by Gasteiger charge is 2.28. The highest BCUT2D eigenvalue weighted by molar-refractivity contribution is 5.87. The first kappa shape index (κ1) is 11.8. The van der Waals surface area contributed by atoms with Gasteiger partial charge in [0.25, 0.3) is 0 Å². The average Bonchev–Trinajstić information content (AvgIpc) is 3.08. The number of carbonyl (C=O) groups is 1. The van der Waals surface area contributed by atoms with Gasteiger partial charge in [0.15, 0.2) is 0 Å². The Bertz CT molecular complexity index is 562. The number of urea groups is 1. The number of rotatable bonds is 2. The zero-order valence-electron chi connectivity index (χ0n) is 10.6. The van der Waals surface area contributed by atoms with E-state index in [4.69, 9.17) is 4.42 Å². The largest absolute Gasteiger partial charge is 0.429 e. The number of hydrogen-bond donors (Lipinski definition) is 1. The third-order valence-corrected chi connectivity index (χ3v) is 3.18. The van der Waals surface area contributed by atoms with E-state index < -0.39 is 0 Å². The van der Waals surface area contributed by atoms with E-state index in [1.165, 1.54) is 0 Å². The Hall–Kier alpha value is -2.31. The zero-order chi connectivity index (χ0) is 13.2. The van der Waals surface area contributed by atoms with Crippen molar-refractivity contribution in [2.45, 2.75) is 19.4 Å². The minimum atomic E-state index is -0.184. The maximum Gasteiger partial charge on any atom is 0.325 e. The van der Waals surface area contributed by atoms with Crippen molar-refractivity contribution in [3.05, 3.63) is 30.4 Å². The van der Waals surface area contributed by atoms with Crippen LogP contribution in [0.1, 0.15) is 18.2 Å². The first-order valence-electron chi connectivity index (χ1n) is 6.20. The molecular weight excluding hydrogens is 246 g/mol. The summed E-state index contributed by atoms with van der Waals surface area (Å²) in [7, 11) is 0. The molecule has 7 nitrogen and oxygen atoms in total. The molecule has 1 saturated heterocycles. The molecule has 1 unspecified atom stereocenters. The fraction of sp³-hybridized carbons (Fsp3) is 0.417. The summed E-state index contributed by atoms with van der Waals surface area (Å²) in [6, 6.07) is 2.19. The Balaban J connectivity index is 1.60. The first-order chi connectivity index (χ1) is 9.22. The van der Waals surface area contributed by atoms with Crippen LogP contribution in [0.5, 0.6) is 0 Å². The van der Waals surface area contributed by atoms with Gasteiger partial charge in [-0.15, -0.1) is 0 Å². The van der Waals surface area contributed by atoms with Crippen molar-refractivity contribution in [1.82, 2.24) is 19.7 Å². The van der Waals surface area contributed by atoms with E-state index in [0.717, 1.165) is 6.42 Å². The second-order valence-corrected chi connectivity index (χ2v) is 4.58. The van der Waals surface area contributed by atoms with E-state index in [9.17, 15) is 4.79 Å². The van der Waals surface area contributed by atoms with Gasteiger partial charge in [-0.2, -0.15) is 5.10 Å². The molecule has 0 aliphatic carbocycles. The van der Waals surface area contributed by atoms with E-state index in [2.05, 4.69) is 15.4 Å². The van der Waals surface area contributed by atoms with Gasteiger partial charge in [-0.05, 0) is 19.4 Å². The lowest BCUT2D eigenvalue weighted by Crippen LogP contribution is -2.33. The van der Waals surface area contributed by atoms with E-state index in [1.54, 1.807) is 24.2 Å². The van der Waals surface area contributed by atoms with Gasteiger partial charge in [0.2, 0.25) is 0 Å². The Morgan fingerprint density at radius 1 is 1.58 bits per heavy atom. The topological polar surface area (TPSA) is 76.2 Å². The van der Waals surface area contributed by atoms with Crippen LogP contribution in [0.25, 0.3) is 0 Å². The maximum absolute atomic E-state index is 12.0. The van der Waals surface area contributed by atoms with E-state index in [1.807, 2.05) is 16.9 Å². The molecule has 0 radical (unpaired) electrons. The van der Waals surface area contributed by atoms with E-state index in [0.29, 0.717) is 18.8 Å². The highest BCUT2D eigenvalue weighted by Crippen LogP contribution is 2.21. The molecule has 1 atom stereocenters. The SMILES string of the molecule is Cc1cnc(NC(=O)N2CCC(n3cccn3)C2)o1. The van der Waals surface area contributed by atoms with Crippen molar-refractivity contribution in [3.8, 4) is 0 Å². The van der Waals surface area contributed by atoms with Gasteiger partial charge >= 0.3 is 12.0 Å². The molecule has 3 rings (SSSR count). The minimum Gasteiger partial charge on any atom is -0.429 e. The summed E-state index contributed by atoms with van der Waals surface area (Å²) in [4.78, 5) is 17.7. The molecule has 7 heteroatoms. The smallest absolute Gasteiger partial charge is 0.325 e. The van der Waals surface area contributed by atoms with Crippen LogP contribution >= 0.6 is 0 Å². The van der Waals surface area contributed by atoms with Crippen LogP contribution in [0.15, 0.2) is 29.1 Å². The van der Waals surface area contributed by atoms with Gasteiger partial charge in [0.05, 0.1) is 12.2 Å². The summed E-state index contributed by atoms with van der Waals surface area (Å²) in [5.74, 6) is 0.672. The summed E-state index contributed by atoms with van der Waals surface area (Å²) in [6.07, 6.45) is 6.15. The number of likely N-dealkylation sites (tertiary alicyclic amines) is 1. The van der Waals surface area contributed by atoms with Crippen LogP contribution in [0, 0.1) is 6.92 Å². The molecule has 1 N–H and O–H groups in total. The number of aryl methyl sites for hydroxylation is 1. The standard InChI is InChI=1S/C12H15N5O2/c1-9-7-13-11(19-9)15-12(18)16-6-3-10(8-16)17-5-2-4-14-17/h2,4-5,7,10H,3,6,8H2,1H3,(H,13,15,18). The Kier molecular flexibility index (Phi) is 2.94. The lowest BCUT2D eigenvalue weighted by atomic mass is 10.3. The third-order valence-electron chi connectivity index (χ3n) is 3.18. The van der Waals surface area contributed by atoms with Crippen LogP contribution in [0.4, 0.5) is 10.8 Å². The molecule has 2 amide bonds. The highest BCUT2D eigenvalue weighted by atomic mass is 16.4. The number of amides is 2.